The van der Waals surface area contributed by atoms with Crippen molar-refractivity contribution in [1.29, 1.82) is 0 Å². The molecule has 1 aromatic rings. The van der Waals surface area contributed by atoms with Gasteiger partial charge in [-0.25, -0.2) is 0 Å². The van der Waals surface area contributed by atoms with Gasteiger partial charge in [-0.15, -0.1) is 0 Å². The monoisotopic (exact) mass is 274 g/mol. The Balaban J connectivity index is 1.93. The fourth-order valence-corrected chi connectivity index (χ4v) is 3.79. The van der Waals surface area contributed by atoms with Crippen LogP contribution in [0.1, 0.15) is 38.2 Å². The first-order valence-electron chi connectivity index (χ1n) is 7.29. The van der Waals surface area contributed by atoms with Gasteiger partial charge >= 0.3 is 0 Å². The summed E-state index contributed by atoms with van der Waals surface area (Å²) in [5, 5.41) is 19.8. The van der Waals surface area contributed by atoms with E-state index in [0.717, 1.165) is 37.0 Å². The Labute approximate surface area is 119 Å². The first-order valence-corrected chi connectivity index (χ1v) is 7.29. The molecule has 0 aromatic heterocycles. The molecule has 2 aliphatic rings. The summed E-state index contributed by atoms with van der Waals surface area (Å²) in [6.45, 7) is 2.21. The Hall–Kier alpha value is -1.48. The maximum Gasteiger partial charge on any atom is 0.130 e. The van der Waals surface area contributed by atoms with E-state index in [9.17, 15) is 10.2 Å². The number of aliphatic hydroxyl groups excluding tert-OH is 1. The van der Waals surface area contributed by atoms with E-state index in [1.165, 1.54) is 5.57 Å². The Morgan fingerprint density at radius 1 is 1.30 bits per heavy atom. The van der Waals surface area contributed by atoms with Gasteiger partial charge in [0.1, 0.15) is 11.5 Å². The molecular weight excluding hydrogens is 252 g/mol. The minimum absolute atomic E-state index is 0.0354. The van der Waals surface area contributed by atoms with Gasteiger partial charge in [0.25, 0.3) is 0 Å². The molecule has 0 heterocycles. The van der Waals surface area contributed by atoms with E-state index in [1.54, 1.807) is 19.2 Å². The summed E-state index contributed by atoms with van der Waals surface area (Å²) in [4.78, 5) is 0. The van der Waals surface area contributed by atoms with Crippen LogP contribution in [-0.4, -0.2) is 23.4 Å². The van der Waals surface area contributed by atoms with E-state index in [1.807, 2.05) is 6.07 Å². The van der Waals surface area contributed by atoms with Crippen molar-refractivity contribution in [3.8, 4) is 11.5 Å². The van der Waals surface area contributed by atoms with Crippen LogP contribution >= 0.6 is 0 Å². The van der Waals surface area contributed by atoms with Gasteiger partial charge in [-0.1, -0.05) is 13.0 Å². The smallest absolute Gasteiger partial charge is 0.130 e. The number of hydrogen-bond donors (Lipinski definition) is 2. The maximum atomic E-state index is 10.2. The normalized spacial score (nSPS) is 32.6. The molecule has 1 fully saturated rings. The predicted octanol–water partition coefficient (Wildman–Crippen LogP) is 3.36. The summed E-state index contributed by atoms with van der Waals surface area (Å²) < 4.78 is 5.39. The number of hydrogen-bond acceptors (Lipinski definition) is 3. The Bertz CT molecular complexity index is 549. The second-order valence-corrected chi connectivity index (χ2v) is 6.32. The van der Waals surface area contributed by atoms with Gasteiger partial charge in [-0.3, -0.25) is 0 Å². The van der Waals surface area contributed by atoms with Crippen molar-refractivity contribution in [2.75, 3.05) is 7.11 Å². The lowest BCUT2D eigenvalue weighted by atomic mass is 9.68. The second kappa shape index (κ2) is 4.81. The van der Waals surface area contributed by atoms with Crippen LogP contribution in [0, 0.1) is 11.3 Å². The molecule has 3 nitrogen and oxygen atoms in total. The molecule has 3 heteroatoms. The van der Waals surface area contributed by atoms with Crippen LogP contribution in [-0.2, 0) is 0 Å². The molecule has 3 rings (SSSR count). The zero-order chi connectivity index (χ0) is 14.3. The predicted molar refractivity (Wildman–Crippen MR) is 78.7 cm³/mol. The zero-order valence-electron chi connectivity index (χ0n) is 12.1. The molecule has 3 atom stereocenters. The first-order chi connectivity index (χ1) is 9.54. The standard InChI is InChI=1S/C17H22O3/c1-17-8-7-11(9-12(17)3-6-16(17)19)14-5-4-13(18)10-15(14)20-2/h4-5,7,10,12,16,18-19H,3,6,8-9H2,1-2H3/t12-,16+,17+/m1/s1. The number of phenolic OH excluding ortho intramolecular Hbond substituents is 1. The molecule has 0 saturated heterocycles. The average Bonchev–Trinajstić information content (AvgIpc) is 2.74. The number of aliphatic hydroxyl groups is 1. The number of aromatic hydroxyl groups is 1. The summed E-state index contributed by atoms with van der Waals surface area (Å²) >= 11 is 0. The highest BCUT2D eigenvalue weighted by Crippen LogP contribution is 2.53. The molecule has 0 radical (unpaired) electrons. The zero-order valence-corrected chi connectivity index (χ0v) is 12.1. The van der Waals surface area contributed by atoms with Gasteiger partial charge in [-0.2, -0.15) is 0 Å². The van der Waals surface area contributed by atoms with Crippen LogP contribution in [0.3, 0.4) is 0 Å². The van der Waals surface area contributed by atoms with Crippen molar-refractivity contribution in [3.05, 3.63) is 29.8 Å². The summed E-state index contributed by atoms with van der Waals surface area (Å²) in [5.74, 6) is 1.48. The Morgan fingerprint density at radius 2 is 2.10 bits per heavy atom. The molecule has 2 N–H and O–H groups in total. The third-order valence-corrected chi connectivity index (χ3v) is 5.27. The van der Waals surface area contributed by atoms with Crippen LogP contribution < -0.4 is 4.74 Å². The van der Waals surface area contributed by atoms with E-state index in [4.69, 9.17) is 4.74 Å². The molecule has 1 aromatic carbocycles. The number of benzene rings is 1. The molecule has 0 aliphatic heterocycles. The highest BCUT2D eigenvalue weighted by atomic mass is 16.5. The Kier molecular flexibility index (Phi) is 3.25. The third kappa shape index (κ3) is 2.01. The minimum Gasteiger partial charge on any atom is -0.508 e. The fourth-order valence-electron chi connectivity index (χ4n) is 3.79. The number of fused-ring (bicyclic) bond motifs is 1. The summed E-state index contributed by atoms with van der Waals surface area (Å²) in [5.41, 5.74) is 2.38. The summed E-state index contributed by atoms with van der Waals surface area (Å²) in [6.07, 6.45) is 5.96. The first kappa shape index (κ1) is 13.5. The van der Waals surface area contributed by atoms with Gasteiger partial charge in [0.05, 0.1) is 13.2 Å². The number of allylic oxidation sites excluding steroid dienone is 2. The fraction of sp³-hybridized carbons (Fsp3) is 0.529. The van der Waals surface area contributed by atoms with Crippen molar-refractivity contribution >= 4 is 5.57 Å². The largest absolute Gasteiger partial charge is 0.508 e. The number of rotatable bonds is 2. The van der Waals surface area contributed by atoms with Gasteiger partial charge in [0, 0.05) is 17.0 Å². The van der Waals surface area contributed by atoms with Crippen LogP contribution in [0.15, 0.2) is 24.3 Å². The van der Waals surface area contributed by atoms with Crippen molar-refractivity contribution < 1.29 is 14.9 Å². The summed E-state index contributed by atoms with van der Waals surface area (Å²) in [7, 11) is 1.63. The summed E-state index contributed by atoms with van der Waals surface area (Å²) in [6, 6.07) is 5.29. The quantitative estimate of drug-likeness (QED) is 0.869. The van der Waals surface area contributed by atoms with Crippen molar-refractivity contribution in [2.24, 2.45) is 11.3 Å². The molecule has 0 spiro atoms. The van der Waals surface area contributed by atoms with Crippen LogP contribution in [0.5, 0.6) is 11.5 Å². The molecular formula is C17H22O3. The molecule has 108 valence electrons. The molecule has 0 bridgehead atoms. The van der Waals surface area contributed by atoms with E-state index in [0.29, 0.717) is 5.92 Å². The number of ether oxygens (including phenoxy) is 1. The van der Waals surface area contributed by atoms with E-state index >= 15 is 0 Å². The van der Waals surface area contributed by atoms with E-state index in [2.05, 4.69) is 13.0 Å². The second-order valence-electron chi connectivity index (χ2n) is 6.32. The molecule has 1 saturated carbocycles. The van der Waals surface area contributed by atoms with E-state index < -0.39 is 0 Å². The SMILES string of the molecule is COc1cc(O)ccc1C1=CC[C@@]2(C)[C@H](CC[C@@H]2O)C1. The lowest BCUT2D eigenvalue weighted by molar-refractivity contribution is 0.0400. The molecule has 0 amide bonds. The lowest BCUT2D eigenvalue weighted by Crippen LogP contribution is -2.34. The van der Waals surface area contributed by atoms with Crippen molar-refractivity contribution in [2.45, 2.75) is 38.7 Å². The lowest BCUT2D eigenvalue weighted by Gasteiger charge is -2.38. The molecule has 20 heavy (non-hydrogen) atoms. The number of methoxy groups -OCH3 is 1. The minimum atomic E-state index is -0.174. The Morgan fingerprint density at radius 3 is 2.85 bits per heavy atom. The van der Waals surface area contributed by atoms with Crippen LogP contribution in [0.4, 0.5) is 0 Å². The maximum absolute atomic E-state index is 10.2. The highest BCUT2D eigenvalue weighted by Gasteiger charge is 2.47. The van der Waals surface area contributed by atoms with Gasteiger partial charge in [-0.05, 0) is 49.3 Å². The van der Waals surface area contributed by atoms with Crippen LogP contribution in [0.25, 0.3) is 5.57 Å². The van der Waals surface area contributed by atoms with Gasteiger partial charge in [0.2, 0.25) is 0 Å². The van der Waals surface area contributed by atoms with Crippen molar-refractivity contribution in [1.82, 2.24) is 0 Å². The number of phenols is 1. The highest BCUT2D eigenvalue weighted by molar-refractivity contribution is 5.72. The topological polar surface area (TPSA) is 49.7 Å². The van der Waals surface area contributed by atoms with Gasteiger partial charge < -0.3 is 14.9 Å². The third-order valence-electron chi connectivity index (χ3n) is 5.27. The van der Waals surface area contributed by atoms with Gasteiger partial charge in [0.15, 0.2) is 0 Å². The van der Waals surface area contributed by atoms with E-state index in [-0.39, 0.29) is 17.3 Å². The average molecular weight is 274 g/mol. The van der Waals surface area contributed by atoms with Crippen molar-refractivity contribution in [3.63, 3.8) is 0 Å². The van der Waals surface area contributed by atoms with Crippen LogP contribution in [0.2, 0.25) is 0 Å². The molecule has 2 aliphatic carbocycles. The molecule has 0 unspecified atom stereocenters.